The van der Waals surface area contributed by atoms with Gasteiger partial charge in [0.2, 0.25) is 0 Å². The van der Waals surface area contributed by atoms with Gasteiger partial charge in [-0.05, 0) is 79.2 Å². The number of nitrogens with zero attached hydrogens (tertiary/aromatic N) is 2. The van der Waals surface area contributed by atoms with E-state index in [0.29, 0.717) is 30.0 Å². The molecule has 4 rings (SSSR count). The minimum Gasteiger partial charge on any atom is -0.493 e. The monoisotopic (exact) mass is 441 g/mol. The normalized spacial score (nSPS) is 10.9. The third-order valence-electron chi connectivity index (χ3n) is 5.70. The van der Waals surface area contributed by atoms with E-state index in [1.54, 1.807) is 29.4 Å². The summed E-state index contributed by atoms with van der Waals surface area (Å²) in [5.41, 5.74) is 4.72. The Morgan fingerprint density at radius 2 is 1.82 bits per heavy atom. The van der Waals surface area contributed by atoms with Crippen molar-refractivity contribution in [3.63, 3.8) is 0 Å². The summed E-state index contributed by atoms with van der Waals surface area (Å²) in [6, 6.07) is 16.8. The molecule has 2 aromatic carbocycles. The van der Waals surface area contributed by atoms with Crippen molar-refractivity contribution >= 4 is 16.8 Å². The van der Waals surface area contributed by atoms with E-state index in [9.17, 15) is 9.59 Å². The van der Waals surface area contributed by atoms with Crippen LogP contribution in [0.5, 0.6) is 5.75 Å². The Kier molecular flexibility index (Phi) is 6.54. The number of H-pyrrole nitrogens is 1. The van der Waals surface area contributed by atoms with E-state index in [0.717, 1.165) is 27.6 Å². The van der Waals surface area contributed by atoms with Crippen LogP contribution in [0.15, 0.2) is 71.8 Å². The first-order valence-corrected chi connectivity index (χ1v) is 11.0. The minimum absolute atomic E-state index is 0.159. The number of aryl methyl sites for hydroxylation is 2. The van der Waals surface area contributed by atoms with Gasteiger partial charge >= 0.3 is 0 Å². The average molecular weight is 442 g/mol. The fourth-order valence-corrected chi connectivity index (χ4v) is 3.85. The second-order valence-corrected chi connectivity index (χ2v) is 8.10. The Labute approximate surface area is 192 Å². The molecule has 0 aliphatic carbocycles. The summed E-state index contributed by atoms with van der Waals surface area (Å²) in [5, 5.41) is 0.941. The molecule has 168 valence electrons. The summed E-state index contributed by atoms with van der Waals surface area (Å²) in [5.74, 6) is 0.321. The van der Waals surface area contributed by atoms with E-state index in [4.69, 9.17) is 4.74 Å². The van der Waals surface area contributed by atoms with Gasteiger partial charge in [-0.25, -0.2) is 0 Å². The topological polar surface area (TPSA) is 75.3 Å². The van der Waals surface area contributed by atoms with Crippen LogP contribution in [0, 0.1) is 13.8 Å². The number of ether oxygens (including phenoxy) is 1. The van der Waals surface area contributed by atoms with E-state index in [2.05, 4.69) is 16.0 Å². The number of fused-ring (bicyclic) bond motifs is 1. The maximum Gasteiger partial charge on any atom is 0.258 e. The smallest absolute Gasteiger partial charge is 0.258 e. The van der Waals surface area contributed by atoms with E-state index in [-0.39, 0.29) is 18.0 Å². The second-order valence-electron chi connectivity index (χ2n) is 8.10. The zero-order valence-corrected chi connectivity index (χ0v) is 19.1. The number of hydrogen-bond donors (Lipinski definition) is 1. The number of aromatic amines is 1. The van der Waals surface area contributed by atoms with Gasteiger partial charge in [0.25, 0.3) is 11.5 Å². The van der Waals surface area contributed by atoms with Crippen molar-refractivity contribution in [1.29, 1.82) is 0 Å². The zero-order valence-electron chi connectivity index (χ0n) is 19.1. The van der Waals surface area contributed by atoms with E-state index >= 15 is 0 Å². The molecule has 0 unspecified atom stereocenters. The average Bonchev–Trinajstić information content (AvgIpc) is 2.81. The van der Waals surface area contributed by atoms with Gasteiger partial charge in [-0.3, -0.25) is 14.6 Å². The van der Waals surface area contributed by atoms with Crippen molar-refractivity contribution in [2.45, 2.75) is 33.9 Å². The van der Waals surface area contributed by atoms with E-state index < -0.39 is 0 Å². The number of pyridine rings is 2. The van der Waals surface area contributed by atoms with E-state index in [1.807, 2.05) is 57.2 Å². The lowest BCUT2D eigenvalue weighted by Gasteiger charge is -2.24. The van der Waals surface area contributed by atoms with Crippen LogP contribution in [-0.4, -0.2) is 27.4 Å². The number of carbonyl (C=O) groups is 1. The SMILES string of the molecule is CCOc1ccccc1C(=O)N(Cc1cccnc1)Cc1cc2cc(C)c(C)cc2[nH]c1=O. The molecule has 0 aliphatic rings. The van der Waals surface area contributed by atoms with Crippen LogP contribution < -0.4 is 10.3 Å². The first-order valence-electron chi connectivity index (χ1n) is 11.0. The molecular formula is C27H27N3O3. The molecule has 2 aromatic heterocycles. The summed E-state index contributed by atoms with van der Waals surface area (Å²) >= 11 is 0. The van der Waals surface area contributed by atoms with Gasteiger partial charge in [0, 0.05) is 30.0 Å². The van der Waals surface area contributed by atoms with Crippen LogP contribution in [0.1, 0.15) is 39.5 Å². The molecule has 0 atom stereocenters. The summed E-state index contributed by atoms with van der Waals surface area (Å²) in [7, 11) is 0. The van der Waals surface area contributed by atoms with Crippen molar-refractivity contribution in [3.05, 3.63) is 105 Å². The van der Waals surface area contributed by atoms with Crippen molar-refractivity contribution in [2.24, 2.45) is 0 Å². The number of nitrogens with one attached hydrogen (secondary N) is 1. The van der Waals surface area contributed by atoms with Crippen LogP contribution in [0.3, 0.4) is 0 Å². The molecule has 6 heteroatoms. The summed E-state index contributed by atoms with van der Waals surface area (Å²) < 4.78 is 5.69. The van der Waals surface area contributed by atoms with Crippen LogP contribution >= 0.6 is 0 Å². The fraction of sp³-hybridized carbons (Fsp3) is 0.222. The molecule has 0 saturated heterocycles. The fourth-order valence-electron chi connectivity index (χ4n) is 3.85. The van der Waals surface area contributed by atoms with Gasteiger partial charge in [0.15, 0.2) is 0 Å². The predicted octanol–water partition coefficient (Wildman–Crippen LogP) is 4.78. The lowest BCUT2D eigenvalue weighted by Crippen LogP contribution is -2.32. The Hall–Kier alpha value is -3.93. The third kappa shape index (κ3) is 4.95. The highest BCUT2D eigenvalue weighted by Crippen LogP contribution is 2.23. The van der Waals surface area contributed by atoms with Crippen LogP contribution in [-0.2, 0) is 13.1 Å². The predicted molar refractivity (Wildman–Crippen MR) is 129 cm³/mol. The van der Waals surface area contributed by atoms with E-state index in [1.165, 1.54) is 0 Å². The molecule has 0 spiro atoms. The van der Waals surface area contributed by atoms with Crippen LogP contribution in [0.2, 0.25) is 0 Å². The lowest BCUT2D eigenvalue weighted by atomic mass is 10.0. The van der Waals surface area contributed by atoms with Crippen LogP contribution in [0.25, 0.3) is 10.9 Å². The maximum absolute atomic E-state index is 13.6. The highest BCUT2D eigenvalue weighted by molar-refractivity contribution is 5.97. The molecule has 33 heavy (non-hydrogen) atoms. The van der Waals surface area contributed by atoms with Crippen LogP contribution in [0.4, 0.5) is 0 Å². The molecule has 1 amide bonds. The number of aromatic nitrogens is 2. The number of amides is 1. The Morgan fingerprint density at radius 3 is 2.58 bits per heavy atom. The Bertz CT molecular complexity index is 1350. The molecule has 6 nitrogen and oxygen atoms in total. The van der Waals surface area contributed by atoms with Crippen molar-refractivity contribution in [3.8, 4) is 5.75 Å². The number of rotatable bonds is 7. The van der Waals surface area contributed by atoms with Gasteiger partial charge in [0.05, 0.1) is 18.7 Å². The molecule has 0 saturated carbocycles. The minimum atomic E-state index is -0.206. The molecule has 1 N–H and O–H groups in total. The summed E-state index contributed by atoms with van der Waals surface area (Å²) in [6.07, 6.45) is 3.42. The number of hydrogen-bond acceptors (Lipinski definition) is 4. The van der Waals surface area contributed by atoms with Gasteiger partial charge in [-0.15, -0.1) is 0 Å². The third-order valence-corrected chi connectivity index (χ3v) is 5.70. The highest BCUT2D eigenvalue weighted by atomic mass is 16.5. The molecule has 2 heterocycles. The van der Waals surface area contributed by atoms with Crippen molar-refractivity contribution in [1.82, 2.24) is 14.9 Å². The summed E-state index contributed by atoms with van der Waals surface area (Å²) in [4.78, 5) is 35.4. The molecule has 0 bridgehead atoms. The second kappa shape index (κ2) is 9.69. The quantitative estimate of drug-likeness (QED) is 0.448. The number of para-hydroxylation sites is 1. The Balaban J connectivity index is 1.74. The number of carbonyl (C=O) groups excluding carboxylic acids is 1. The highest BCUT2D eigenvalue weighted by Gasteiger charge is 2.21. The van der Waals surface area contributed by atoms with Gasteiger partial charge in [0.1, 0.15) is 5.75 Å². The first-order chi connectivity index (χ1) is 16.0. The van der Waals surface area contributed by atoms with Crippen molar-refractivity contribution in [2.75, 3.05) is 6.61 Å². The first kappa shape index (κ1) is 22.3. The Morgan fingerprint density at radius 1 is 1.03 bits per heavy atom. The molecule has 0 aliphatic heterocycles. The summed E-state index contributed by atoms with van der Waals surface area (Å²) in [6.45, 7) is 6.88. The molecule has 0 radical (unpaired) electrons. The zero-order chi connectivity index (χ0) is 23.4. The van der Waals surface area contributed by atoms with Gasteiger partial charge in [-0.2, -0.15) is 0 Å². The van der Waals surface area contributed by atoms with Crippen molar-refractivity contribution < 1.29 is 9.53 Å². The molecule has 0 fully saturated rings. The number of benzene rings is 2. The lowest BCUT2D eigenvalue weighted by molar-refractivity contribution is 0.0725. The van der Waals surface area contributed by atoms with Gasteiger partial charge in [-0.1, -0.05) is 18.2 Å². The standard InChI is InChI=1S/C27H27N3O3/c1-4-33-25-10-6-5-9-23(25)27(32)30(16-20-8-7-11-28-15-20)17-22-14-21-12-18(2)19(3)13-24(21)29-26(22)31/h5-15H,4,16-17H2,1-3H3,(H,29,31). The largest absolute Gasteiger partial charge is 0.493 e. The van der Waals surface area contributed by atoms with Gasteiger partial charge < -0.3 is 14.6 Å². The molecule has 4 aromatic rings. The molecular weight excluding hydrogens is 414 g/mol. The maximum atomic E-state index is 13.6.